The van der Waals surface area contributed by atoms with Gasteiger partial charge in [0.15, 0.2) is 4.34 Å². The second-order valence-corrected chi connectivity index (χ2v) is 6.02. The molecule has 0 saturated heterocycles. The van der Waals surface area contributed by atoms with Crippen molar-refractivity contribution in [2.45, 2.75) is 10.9 Å². The lowest BCUT2D eigenvalue weighted by atomic mass is 10.4. The first-order valence-electron chi connectivity index (χ1n) is 4.57. The van der Waals surface area contributed by atoms with E-state index in [1.807, 2.05) is 0 Å². The Morgan fingerprint density at radius 2 is 2.40 bits per heavy atom. The predicted octanol–water partition coefficient (Wildman–Crippen LogP) is 2.48. The maximum atomic E-state index is 3.97. The fraction of sp³-hybridized carbons (Fsp3) is 0.333. The summed E-state index contributed by atoms with van der Waals surface area (Å²) in [5.41, 5.74) is 1.77. The molecule has 0 bridgehead atoms. The maximum absolute atomic E-state index is 3.97. The van der Waals surface area contributed by atoms with Gasteiger partial charge in [0.1, 0.15) is 5.51 Å². The van der Waals surface area contributed by atoms with Gasteiger partial charge in [-0.2, -0.15) is 0 Å². The third-order valence-corrected chi connectivity index (χ3v) is 4.46. The Kier molecular flexibility index (Phi) is 4.59. The Balaban J connectivity index is 1.56. The molecule has 0 saturated carbocycles. The highest BCUT2D eigenvalue weighted by Crippen LogP contribution is 2.17. The summed E-state index contributed by atoms with van der Waals surface area (Å²) in [6.07, 6.45) is 0. The Labute approximate surface area is 101 Å². The highest BCUT2D eigenvalue weighted by atomic mass is 32.2. The average Bonchev–Trinajstić information content (AvgIpc) is 2.88. The van der Waals surface area contributed by atoms with Gasteiger partial charge in [-0.05, 0) is 11.4 Å². The SMILES string of the molecule is c1csc(CNCCSc2nncs2)c1. The fourth-order valence-corrected chi connectivity index (χ4v) is 3.19. The van der Waals surface area contributed by atoms with Crippen molar-refractivity contribution in [2.24, 2.45) is 0 Å². The van der Waals surface area contributed by atoms with Gasteiger partial charge >= 0.3 is 0 Å². The van der Waals surface area contributed by atoms with Gasteiger partial charge in [-0.15, -0.1) is 21.5 Å². The number of hydrogen-bond donors (Lipinski definition) is 1. The van der Waals surface area contributed by atoms with Crippen LogP contribution in [0.2, 0.25) is 0 Å². The minimum Gasteiger partial charge on any atom is -0.311 e. The fourth-order valence-electron chi connectivity index (χ4n) is 1.06. The summed E-state index contributed by atoms with van der Waals surface area (Å²) in [6, 6.07) is 4.23. The molecule has 0 fully saturated rings. The molecule has 0 aliphatic heterocycles. The standard InChI is InChI=1S/C9H11N3S3/c1-2-8(13-4-1)6-10-3-5-14-9-12-11-7-15-9/h1-2,4,7,10H,3,5-6H2. The monoisotopic (exact) mass is 257 g/mol. The molecule has 0 aromatic carbocycles. The van der Waals surface area contributed by atoms with Gasteiger partial charge in [-0.3, -0.25) is 0 Å². The molecule has 2 aromatic heterocycles. The van der Waals surface area contributed by atoms with Crippen LogP contribution < -0.4 is 5.32 Å². The zero-order valence-electron chi connectivity index (χ0n) is 8.05. The first kappa shape index (κ1) is 11.1. The highest BCUT2D eigenvalue weighted by Gasteiger charge is 1.97. The van der Waals surface area contributed by atoms with E-state index in [1.165, 1.54) is 4.88 Å². The van der Waals surface area contributed by atoms with Crippen molar-refractivity contribution in [1.29, 1.82) is 0 Å². The molecule has 2 aromatic rings. The van der Waals surface area contributed by atoms with Gasteiger partial charge in [0, 0.05) is 23.7 Å². The van der Waals surface area contributed by atoms with Gasteiger partial charge in [0.05, 0.1) is 0 Å². The van der Waals surface area contributed by atoms with Crippen molar-refractivity contribution in [1.82, 2.24) is 15.5 Å². The summed E-state index contributed by atoms with van der Waals surface area (Å²) < 4.78 is 1.05. The van der Waals surface area contributed by atoms with Crippen molar-refractivity contribution in [3.05, 3.63) is 27.9 Å². The van der Waals surface area contributed by atoms with Crippen LogP contribution in [-0.4, -0.2) is 22.5 Å². The van der Waals surface area contributed by atoms with E-state index in [4.69, 9.17) is 0 Å². The van der Waals surface area contributed by atoms with Crippen molar-refractivity contribution in [3.8, 4) is 0 Å². The lowest BCUT2D eigenvalue weighted by molar-refractivity contribution is 0.741. The van der Waals surface area contributed by atoms with Gasteiger partial charge in [0.25, 0.3) is 0 Å². The van der Waals surface area contributed by atoms with Crippen molar-refractivity contribution >= 4 is 34.4 Å². The van der Waals surface area contributed by atoms with Crippen LogP contribution in [0.25, 0.3) is 0 Å². The van der Waals surface area contributed by atoms with Gasteiger partial charge in [-0.1, -0.05) is 29.2 Å². The predicted molar refractivity (Wildman–Crippen MR) is 66.7 cm³/mol. The van der Waals surface area contributed by atoms with Crippen LogP contribution in [0.15, 0.2) is 27.4 Å². The molecule has 0 amide bonds. The number of thiophene rings is 1. The molecule has 0 aliphatic rings. The van der Waals surface area contributed by atoms with Crippen molar-refractivity contribution < 1.29 is 0 Å². The lowest BCUT2D eigenvalue weighted by Crippen LogP contribution is -2.15. The van der Waals surface area contributed by atoms with Crippen LogP contribution in [0.1, 0.15) is 4.88 Å². The van der Waals surface area contributed by atoms with Crippen molar-refractivity contribution in [3.63, 3.8) is 0 Å². The number of rotatable bonds is 6. The van der Waals surface area contributed by atoms with Crippen LogP contribution in [0.5, 0.6) is 0 Å². The molecule has 0 unspecified atom stereocenters. The number of aromatic nitrogens is 2. The molecule has 0 atom stereocenters. The zero-order chi connectivity index (χ0) is 10.3. The van der Waals surface area contributed by atoms with Crippen LogP contribution in [0.4, 0.5) is 0 Å². The highest BCUT2D eigenvalue weighted by molar-refractivity contribution is 8.01. The van der Waals surface area contributed by atoms with E-state index < -0.39 is 0 Å². The lowest BCUT2D eigenvalue weighted by Gasteiger charge is -2.00. The summed E-state index contributed by atoms with van der Waals surface area (Å²) in [6.45, 7) is 1.97. The Morgan fingerprint density at radius 3 is 3.13 bits per heavy atom. The number of nitrogens with zero attached hydrogens (tertiary/aromatic N) is 2. The Morgan fingerprint density at radius 1 is 1.40 bits per heavy atom. The molecule has 3 nitrogen and oxygen atoms in total. The van der Waals surface area contributed by atoms with Gasteiger partial charge in [0.2, 0.25) is 0 Å². The molecule has 2 heterocycles. The van der Waals surface area contributed by atoms with E-state index in [0.717, 1.165) is 23.2 Å². The van der Waals surface area contributed by atoms with Gasteiger partial charge < -0.3 is 5.32 Å². The minimum atomic E-state index is 0.967. The Hall–Kier alpha value is -0.430. The first-order valence-corrected chi connectivity index (χ1v) is 7.32. The zero-order valence-corrected chi connectivity index (χ0v) is 10.5. The third-order valence-electron chi connectivity index (χ3n) is 1.72. The summed E-state index contributed by atoms with van der Waals surface area (Å²) in [4.78, 5) is 1.39. The molecule has 1 N–H and O–H groups in total. The number of nitrogens with one attached hydrogen (secondary N) is 1. The van der Waals surface area contributed by atoms with Crippen LogP contribution in [0.3, 0.4) is 0 Å². The average molecular weight is 257 g/mol. The van der Waals surface area contributed by atoms with Crippen LogP contribution in [0, 0.1) is 0 Å². The van der Waals surface area contributed by atoms with E-state index in [-0.39, 0.29) is 0 Å². The summed E-state index contributed by atoms with van der Waals surface area (Å²) in [7, 11) is 0. The quantitative estimate of drug-likeness (QED) is 0.637. The second-order valence-electron chi connectivity index (χ2n) is 2.81. The van der Waals surface area contributed by atoms with Crippen LogP contribution in [-0.2, 0) is 6.54 Å². The third kappa shape index (κ3) is 3.90. The molecular weight excluding hydrogens is 246 g/mol. The molecule has 15 heavy (non-hydrogen) atoms. The summed E-state index contributed by atoms with van der Waals surface area (Å²) in [5.74, 6) is 1.04. The second kappa shape index (κ2) is 6.22. The molecule has 80 valence electrons. The molecular formula is C9H11N3S3. The molecule has 2 rings (SSSR count). The topological polar surface area (TPSA) is 37.8 Å². The van der Waals surface area contributed by atoms with Gasteiger partial charge in [-0.25, -0.2) is 0 Å². The molecule has 0 spiro atoms. The van der Waals surface area contributed by atoms with E-state index in [0.29, 0.717) is 0 Å². The molecule has 0 radical (unpaired) electrons. The Bertz CT molecular complexity index is 322. The minimum absolute atomic E-state index is 0.967. The largest absolute Gasteiger partial charge is 0.311 e. The number of thioether (sulfide) groups is 1. The summed E-state index contributed by atoms with van der Waals surface area (Å²) >= 11 is 5.13. The molecule has 6 heteroatoms. The normalized spacial score (nSPS) is 10.7. The maximum Gasteiger partial charge on any atom is 0.174 e. The first-order chi connectivity index (χ1) is 7.45. The number of hydrogen-bond acceptors (Lipinski definition) is 6. The van der Waals surface area contributed by atoms with E-state index in [9.17, 15) is 0 Å². The summed E-state index contributed by atoms with van der Waals surface area (Å²) in [5, 5.41) is 13.3. The van der Waals surface area contributed by atoms with Crippen molar-refractivity contribution in [2.75, 3.05) is 12.3 Å². The molecule has 0 aliphatic carbocycles. The van der Waals surface area contributed by atoms with Crippen LogP contribution >= 0.6 is 34.4 Å². The van der Waals surface area contributed by atoms with E-state index in [1.54, 1.807) is 39.9 Å². The van der Waals surface area contributed by atoms with E-state index >= 15 is 0 Å². The smallest absolute Gasteiger partial charge is 0.174 e. The van der Waals surface area contributed by atoms with E-state index in [2.05, 4.69) is 33.0 Å².